The number of amidine groups is 1. The minimum Gasteiger partial charge on any atom is -0.444 e. The van der Waals surface area contributed by atoms with Gasteiger partial charge in [0.05, 0.1) is 20.5 Å². The number of Topliss-reactive ketones (excluding diaryl/α,β-unsaturated/α-hetero) is 1. The van der Waals surface area contributed by atoms with Gasteiger partial charge in [-0.1, -0.05) is 11.6 Å². The molecule has 0 bridgehead atoms. The number of hydrogen-bond donors (Lipinski definition) is 1. The van der Waals surface area contributed by atoms with E-state index in [-0.39, 0.29) is 22.4 Å². The number of ether oxygens (including phenoxy) is 1. The summed E-state index contributed by atoms with van der Waals surface area (Å²) in [6.07, 6.45) is -0.791. The van der Waals surface area contributed by atoms with Crippen LogP contribution in [0.15, 0.2) is 11.1 Å². The van der Waals surface area contributed by atoms with Gasteiger partial charge in [0.2, 0.25) is 0 Å². The van der Waals surface area contributed by atoms with Gasteiger partial charge in [0, 0.05) is 0 Å². The lowest BCUT2D eigenvalue weighted by Crippen LogP contribution is -2.57. The number of hydrogen-bond acceptors (Lipinski definition) is 7. The van der Waals surface area contributed by atoms with Gasteiger partial charge in [-0.05, 0) is 54.5 Å². The van der Waals surface area contributed by atoms with Gasteiger partial charge >= 0.3 is 6.09 Å². The van der Waals surface area contributed by atoms with Gasteiger partial charge in [-0.2, -0.15) is 0 Å². The fraction of sp³-hybridized carbons (Fsp3) is 0.611. The SMILES string of the molecule is CC(=O)c1cc(Cl)c([C@]2(C)CS(=O)(=O)C(C)(C)C(NC(=O)OC(C)(C)C)=N2)s1. The van der Waals surface area contributed by atoms with Crippen molar-refractivity contribution in [3.8, 4) is 0 Å². The van der Waals surface area contributed by atoms with Crippen LogP contribution in [0.25, 0.3) is 0 Å². The maximum absolute atomic E-state index is 13.0. The number of alkyl carbamates (subject to hydrolysis) is 1. The van der Waals surface area contributed by atoms with E-state index in [9.17, 15) is 18.0 Å². The number of aliphatic imine (C=N–C) groups is 1. The Bertz CT molecular complexity index is 957. The van der Waals surface area contributed by atoms with Crippen LogP contribution in [0.1, 0.15) is 63.0 Å². The molecule has 1 amide bonds. The van der Waals surface area contributed by atoms with Crippen molar-refractivity contribution in [2.45, 2.75) is 64.4 Å². The summed E-state index contributed by atoms with van der Waals surface area (Å²) in [6.45, 7) is 11.1. The lowest BCUT2D eigenvalue weighted by atomic mass is 10.0. The molecular formula is C18H25ClN2O5S2. The third kappa shape index (κ3) is 4.41. The molecule has 2 heterocycles. The molecule has 1 aromatic rings. The van der Waals surface area contributed by atoms with Crippen molar-refractivity contribution >= 4 is 50.5 Å². The largest absolute Gasteiger partial charge is 0.444 e. The molecule has 1 aromatic heterocycles. The third-order valence-electron chi connectivity index (χ3n) is 4.32. The van der Waals surface area contributed by atoms with Crippen molar-refractivity contribution in [3.05, 3.63) is 20.8 Å². The van der Waals surface area contributed by atoms with Crippen molar-refractivity contribution in [3.63, 3.8) is 0 Å². The van der Waals surface area contributed by atoms with Gasteiger partial charge in [0.1, 0.15) is 21.7 Å². The molecule has 0 unspecified atom stereocenters. The summed E-state index contributed by atoms with van der Waals surface area (Å²) in [5.74, 6) is -0.495. The quantitative estimate of drug-likeness (QED) is 0.690. The van der Waals surface area contributed by atoms with Crippen molar-refractivity contribution < 1.29 is 22.7 Å². The van der Waals surface area contributed by atoms with Crippen LogP contribution in [-0.4, -0.2) is 42.2 Å². The van der Waals surface area contributed by atoms with E-state index in [1.54, 1.807) is 27.7 Å². The van der Waals surface area contributed by atoms with Crippen molar-refractivity contribution in [2.75, 3.05) is 5.75 Å². The van der Waals surface area contributed by atoms with E-state index in [1.165, 1.54) is 26.8 Å². The lowest BCUT2D eigenvalue weighted by Gasteiger charge is -2.38. The molecular weight excluding hydrogens is 424 g/mol. The molecule has 0 aromatic carbocycles. The van der Waals surface area contributed by atoms with E-state index in [4.69, 9.17) is 16.3 Å². The zero-order chi connectivity index (χ0) is 21.7. The molecule has 1 N–H and O–H groups in total. The van der Waals surface area contributed by atoms with E-state index >= 15 is 0 Å². The monoisotopic (exact) mass is 448 g/mol. The number of sulfone groups is 1. The Morgan fingerprint density at radius 3 is 2.32 bits per heavy atom. The van der Waals surface area contributed by atoms with E-state index in [0.29, 0.717) is 9.75 Å². The highest BCUT2D eigenvalue weighted by Gasteiger charge is 2.51. The third-order valence-corrected chi connectivity index (χ3v) is 8.91. The summed E-state index contributed by atoms with van der Waals surface area (Å²) in [7, 11) is -3.72. The molecule has 2 rings (SSSR count). The van der Waals surface area contributed by atoms with Crippen LogP contribution in [0.4, 0.5) is 4.79 Å². The molecule has 0 spiro atoms. The molecule has 10 heteroatoms. The molecule has 28 heavy (non-hydrogen) atoms. The van der Waals surface area contributed by atoms with E-state index in [0.717, 1.165) is 11.3 Å². The van der Waals surface area contributed by atoms with Gasteiger partial charge in [0.15, 0.2) is 15.6 Å². The van der Waals surface area contributed by atoms with Crippen LogP contribution in [0.2, 0.25) is 5.02 Å². The number of nitrogens with one attached hydrogen (secondary N) is 1. The van der Waals surface area contributed by atoms with Gasteiger partial charge in [-0.3, -0.25) is 15.1 Å². The number of ketones is 1. The maximum Gasteiger partial charge on any atom is 0.413 e. The number of carbonyl (C=O) groups excluding carboxylic acids is 2. The first kappa shape index (κ1) is 22.8. The molecule has 0 saturated heterocycles. The molecule has 0 saturated carbocycles. The molecule has 7 nitrogen and oxygen atoms in total. The minimum absolute atomic E-state index is 0.0238. The standard InChI is InChI=1S/C18H25ClN2O5S2/c1-10(22)12-8-11(19)13(27-12)18(7)9-28(24,25)17(5,6)14(21-18)20-15(23)26-16(2,3)4/h8H,9H2,1-7H3,(H,20,21,23)/t18-/m0/s1. The first-order valence-corrected chi connectivity index (χ1v) is 11.5. The first-order chi connectivity index (χ1) is 12.5. The average molecular weight is 449 g/mol. The number of carbonyl (C=O) groups is 2. The smallest absolute Gasteiger partial charge is 0.413 e. The Labute approximate surface area is 174 Å². The molecule has 1 aliphatic rings. The van der Waals surface area contributed by atoms with E-state index < -0.39 is 31.8 Å². The summed E-state index contributed by atoms with van der Waals surface area (Å²) in [4.78, 5) is 29.4. The highest BCUT2D eigenvalue weighted by atomic mass is 35.5. The number of rotatable bonds is 2. The molecule has 0 radical (unpaired) electrons. The maximum atomic E-state index is 13.0. The normalized spacial score (nSPS) is 23.6. The second-order valence-corrected chi connectivity index (χ2v) is 12.5. The summed E-state index contributed by atoms with van der Waals surface area (Å²) in [5, 5.41) is 2.77. The zero-order valence-electron chi connectivity index (χ0n) is 17.0. The second kappa shape index (κ2) is 7.11. The number of amides is 1. The first-order valence-electron chi connectivity index (χ1n) is 8.62. The Hall–Kier alpha value is -1.45. The Balaban J connectivity index is 2.57. The van der Waals surface area contributed by atoms with Crippen LogP contribution < -0.4 is 5.32 Å². The van der Waals surface area contributed by atoms with E-state index in [2.05, 4.69) is 10.3 Å². The lowest BCUT2D eigenvalue weighted by molar-refractivity contribution is 0.0560. The van der Waals surface area contributed by atoms with Gasteiger partial charge < -0.3 is 4.74 Å². The molecule has 1 aliphatic heterocycles. The Kier molecular flexibility index (Phi) is 5.80. The van der Waals surface area contributed by atoms with Crippen LogP contribution in [0, 0.1) is 0 Å². The van der Waals surface area contributed by atoms with Crippen LogP contribution in [-0.2, 0) is 20.1 Å². The number of nitrogens with zero attached hydrogens (tertiary/aromatic N) is 1. The van der Waals surface area contributed by atoms with Crippen molar-refractivity contribution in [1.29, 1.82) is 0 Å². The zero-order valence-corrected chi connectivity index (χ0v) is 19.4. The summed E-state index contributed by atoms with van der Waals surface area (Å²) < 4.78 is 29.9. The average Bonchev–Trinajstić information content (AvgIpc) is 2.85. The highest BCUT2D eigenvalue weighted by Crippen LogP contribution is 2.43. The Morgan fingerprint density at radius 2 is 1.86 bits per heavy atom. The summed E-state index contributed by atoms with van der Waals surface area (Å²) in [6, 6.07) is 1.51. The van der Waals surface area contributed by atoms with Crippen molar-refractivity contribution in [1.82, 2.24) is 5.32 Å². The second-order valence-electron chi connectivity index (χ2n) is 8.47. The fourth-order valence-electron chi connectivity index (χ4n) is 2.72. The van der Waals surface area contributed by atoms with Crippen LogP contribution in [0.5, 0.6) is 0 Å². The topological polar surface area (TPSA) is 102 Å². The predicted molar refractivity (Wildman–Crippen MR) is 111 cm³/mol. The van der Waals surface area contributed by atoms with Crippen LogP contribution >= 0.6 is 22.9 Å². The van der Waals surface area contributed by atoms with Crippen LogP contribution in [0.3, 0.4) is 0 Å². The predicted octanol–water partition coefficient (Wildman–Crippen LogP) is 3.95. The summed E-state index contributed by atoms with van der Waals surface area (Å²) >= 11 is 7.41. The molecule has 0 fully saturated rings. The number of thiophene rings is 1. The molecule has 1 atom stereocenters. The molecule has 0 aliphatic carbocycles. The summed E-state index contributed by atoms with van der Waals surface area (Å²) in [5.41, 5.74) is -1.99. The van der Waals surface area contributed by atoms with Gasteiger partial charge in [0.25, 0.3) is 0 Å². The fourth-order valence-corrected chi connectivity index (χ4v) is 6.04. The number of halogens is 1. The Morgan fingerprint density at radius 1 is 1.29 bits per heavy atom. The highest BCUT2D eigenvalue weighted by molar-refractivity contribution is 7.93. The van der Waals surface area contributed by atoms with E-state index in [1.807, 2.05) is 0 Å². The van der Waals surface area contributed by atoms with Gasteiger partial charge in [-0.15, -0.1) is 11.3 Å². The van der Waals surface area contributed by atoms with Gasteiger partial charge in [-0.25, -0.2) is 13.2 Å². The van der Waals surface area contributed by atoms with Crippen molar-refractivity contribution in [2.24, 2.45) is 4.99 Å². The minimum atomic E-state index is -3.72. The molecule has 156 valence electrons.